The van der Waals surface area contributed by atoms with Crippen LogP contribution in [-0.4, -0.2) is 29.2 Å². The van der Waals surface area contributed by atoms with Crippen molar-refractivity contribution in [2.75, 3.05) is 23.8 Å². The number of anilines is 3. The van der Waals surface area contributed by atoms with E-state index in [2.05, 4.69) is 20.6 Å². The summed E-state index contributed by atoms with van der Waals surface area (Å²) in [4.78, 5) is 8.48. The van der Waals surface area contributed by atoms with E-state index in [-0.39, 0.29) is 11.9 Å². The van der Waals surface area contributed by atoms with Gasteiger partial charge in [0.2, 0.25) is 5.95 Å². The average Bonchev–Trinajstić information content (AvgIpc) is 2.99. The van der Waals surface area contributed by atoms with E-state index in [1.54, 1.807) is 24.4 Å². The number of aromatic nitrogens is 2. The molecule has 21 heavy (non-hydrogen) atoms. The Morgan fingerprint density at radius 2 is 2.29 bits per heavy atom. The SMILES string of the molecule is Fc1cccc(Nc2nccc(NCC3CCCO3)n2)c1. The molecule has 1 aliphatic heterocycles. The van der Waals surface area contributed by atoms with Crippen molar-refractivity contribution in [2.24, 2.45) is 0 Å². The second kappa shape index (κ2) is 6.49. The largest absolute Gasteiger partial charge is 0.376 e. The lowest BCUT2D eigenvalue weighted by atomic mass is 10.2. The lowest BCUT2D eigenvalue weighted by Crippen LogP contribution is -2.19. The van der Waals surface area contributed by atoms with Gasteiger partial charge in [-0.2, -0.15) is 4.98 Å². The van der Waals surface area contributed by atoms with Crippen LogP contribution < -0.4 is 10.6 Å². The molecular weight excluding hydrogens is 271 g/mol. The predicted molar refractivity (Wildman–Crippen MR) is 79.2 cm³/mol. The van der Waals surface area contributed by atoms with Gasteiger partial charge in [-0.25, -0.2) is 9.37 Å². The van der Waals surface area contributed by atoms with Crippen LogP contribution in [0.2, 0.25) is 0 Å². The van der Waals surface area contributed by atoms with Gasteiger partial charge < -0.3 is 15.4 Å². The molecule has 1 unspecified atom stereocenters. The number of halogens is 1. The average molecular weight is 288 g/mol. The fourth-order valence-electron chi connectivity index (χ4n) is 2.24. The lowest BCUT2D eigenvalue weighted by molar-refractivity contribution is 0.120. The van der Waals surface area contributed by atoms with Gasteiger partial charge in [-0.15, -0.1) is 0 Å². The van der Waals surface area contributed by atoms with Gasteiger partial charge in [0.15, 0.2) is 0 Å². The van der Waals surface area contributed by atoms with Crippen LogP contribution in [0.5, 0.6) is 0 Å². The topological polar surface area (TPSA) is 59.1 Å². The van der Waals surface area contributed by atoms with Crippen LogP contribution in [0.15, 0.2) is 36.5 Å². The third kappa shape index (κ3) is 3.88. The van der Waals surface area contributed by atoms with E-state index < -0.39 is 0 Å². The predicted octanol–water partition coefficient (Wildman–Crippen LogP) is 2.95. The van der Waals surface area contributed by atoms with E-state index >= 15 is 0 Å². The molecule has 0 spiro atoms. The Kier molecular flexibility index (Phi) is 4.25. The molecule has 0 radical (unpaired) electrons. The molecular formula is C15H17FN4O. The van der Waals surface area contributed by atoms with Gasteiger partial charge >= 0.3 is 0 Å². The fourth-order valence-corrected chi connectivity index (χ4v) is 2.24. The Hall–Kier alpha value is -2.21. The Labute approximate surface area is 122 Å². The van der Waals surface area contributed by atoms with Gasteiger partial charge in [-0.05, 0) is 37.1 Å². The fraction of sp³-hybridized carbons (Fsp3) is 0.333. The summed E-state index contributed by atoms with van der Waals surface area (Å²) < 4.78 is 18.7. The molecule has 2 heterocycles. The zero-order valence-electron chi connectivity index (χ0n) is 11.6. The summed E-state index contributed by atoms with van der Waals surface area (Å²) in [6.45, 7) is 1.57. The third-order valence-electron chi connectivity index (χ3n) is 3.27. The quantitative estimate of drug-likeness (QED) is 0.886. The van der Waals surface area contributed by atoms with Crippen LogP contribution in [0.1, 0.15) is 12.8 Å². The molecule has 0 saturated carbocycles. The van der Waals surface area contributed by atoms with Crippen LogP contribution >= 0.6 is 0 Å². The Bertz CT molecular complexity index is 602. The molecule has 0 amide bonds. The third-order valence-corrected chi connectivity index (χ3v) is 3.27. The van der Waals surface area contributed by atoms with E-state index in [4.69, 9.17) is 4.74 Å². The van der Waals surface area contributed by atoms with Gasteiger partial charge in [0.05, 0.1) is 6.10 Å². The van der Waals surface area contributed by atoms with Crippen molar-refractivity contribution in [1.29, 1.82) is 0 Å². The number of benzene rings is 1. The Balaban J connectivity index is 1.62. The summed E-state index contributed by atoms with van der Waals surface area (Å²) in [6, 6.07) is 7.99. The first-order chi connectivity index (χ1) is 10.3. The van der Waals surface area contributed by atoms with Gasteiger partial charge in [0, 0.05) is 25.0 Å². The van der Waals surface area contributed by atoms with Crippen LogP contribution in [0, 0.1) is 5.82 Å². The van der Waals surface area contributed by atoms with E-state index in [1.807, 2.05) is 0 Å². The van der Waals surface area contributed by atoms with Gasteiger partial charge in [-0.3, -0.25) is 0 Å². The zero-order chi connectivity index (χ0) is 14.5. The molecule has 5 nitrogen and oxygen atoms in total. The van der Waals surface area contributed by atoms with Crippen LogP contribution in [0.25, 0.3) is 0 Å². The second-order valence-electron chi connectivity index (χ2n) is 4.92. The van der Waals surface area contributed by atoms with Crippen molar-refractivity contribution >= 4 is 17.5 Å². The number of hydrogen-bond acceptors (Lipinski definition) is 5. The molecule has 1 aromatic carbocycles. The molecule has 0 bridgehead atoms. The number of ether oxygens (including phenoxy) is 1. The minimum atomic E-state index is -0.298. The molecule has 2 N–H and O–H groups in total. The highest BCUT2D eigenvalue weighted by atomic mass is 19.1. The number of hydrogen-bond donors (Lipinski definition) is 2. The monoisotopic (exact) mass is 288 g/mol. The molecule has 3 rings (SSSR count). The highest BCUT2D eigenvalue weighted by molar-refractivity contribution is 5.54. The zero-order valence-corrected chi connectivity index (χ0v) is 11.6. The minimum absolute atomic E-state index is 0.250. The Morgan fingerprint density at radius 3 is 3.10 bits per heavy atom. The van der Waals surface area contributed by atoms with Gasteiger partial charge in [-0.1, -0.05) is 6.07 Å². The van der Waals surface area contributed by atoms with E-state index in [9.17, 15) is 4.39 Å². The lowest BCUT2D eigenvalue weighted by Gasteiger charge is -2.12. The molecule has 1 atom stereocenters. The summed E-state index contributed by atoms with van der Waals surface area (Å²) in [5, 5.41) is 6.21. The van der Waals surface area contributed by atoms with Crippen molar-refractivity contribution in [3.8, 4) is 0 Å². The smallest absolute Gasteiger partial charge is 0.229 e. The first-order valence-electron chi connectivity index (χ1n) is 7.01. The maximum atomic E-state index is 13.1. The molecule has 1 aliphatic rings. The molecule has 6 heteroatoms. The highest BCUT2D eigenvalue weighted by Crippen LogP contribution is 2.16. The van der Waals surface area contributed by atoms with Crippen LogP contribution in [-0.2, 0) is 4.74 Å². The molecule has 1 saturated heterocycles. The van der Waals surface area contributed by atoms with Crippen LogP contribution in [0.4, 0.5) is 21.8 Å². The van der Waals surface area contributed by atoms with Crippen molar-refractivity contribution in [1.82, 2.24) is 9.97 Å². The summed E-state index contributed by atoms with van der Waals surface area (Å²) in [5.74, 6) is 0.852. The van der Waals surface area contributed by atoms with Crippen molar-refractivity contribution in [3.05, 3.63) is 42.3 Å². The van der Waals surface area contributed by atoms with Crippen molar-refractivity contribution in [2.45, 2.75) is 18.9 Å². The van der Waals surface area contributed by atoms with Gasteiger partial charge in [0.25, 0.3) is 0 Å². The van der Waals surface area contributed by atoms with Crippen molar-refractivity contribution < 1.29 is 9.13 Å². The number of rotatable bonds is 5. The van der Waals surface area contributed by atoms with E-state index in [0.29, 0.717) is 11.6 Å². The maximum Gasteiger partial charge on any atom is 0.229 e. The molecule has 1 aromatic heterocycles. The second-order valence-corrected chi connectivity index (χ2v) is 4.92. The molecule has 0 aliphatic carbocycles. The van der Waals surface area contributed by atoms with Crippen molar-refractivity contribution in [3.63, 3.8) is 0 Å². The summed E-state index contributed by atoms with van der Waals surface area (Å²) in [7, 11) is 0. The number of nitrogens with zero attached hydrogens (tertiary/aromatic N) is 2. The van der Waals surface area contributed by atoms with E-state index in [1.165, 1.54) is 12.1 Å². The normalized spacial score (nSPS) is 17.7. The van der Waals surface area contributed by atoms with E-state index in [0.717, 1.165) is 31.8 Å². The Morgan fingerprint density at radius 1 is 1.33 bits per heavy atom. The first kappa shape index (κ1) is 13.8. The first-order valence-corrected chi connectivity index (χ1v) is 7.01. The molecule has 110 valence electrons. The molecule has 1 fully saturated rings. The van der Waals surface area contributed by atoms with Gasteiger partial charge in [0.1, 0.15) is 11.6 Å². The molecule has 2 aromatic rings. The summed E-state index contributed by atoms with van der Waals surface area (Å²) in [6.07, 6.45) is 4.10. The summed E-state index contributed by atoms with van der Waals surface area (Å²) >= 11 is 0. The maximum absolute atomic E-state index is 13.1. The number of nitrogens with one attached hydrogen (secondary N) is 2. The minimum Gasteiger partial charge on any atom is -0.376 e. The summed E-state index contributed by atoms with van der Waals surface area (Å²) in [5.41, 5.74) is 0.617. The standard InChI is InChI=1S/C15H17FN4O/c16-11-3-1-4-12(9-11)19-15-17-7-6-14(20-15)18-10-13-5-2-8-21-13/h1,3-4,6-7,9,13H,2,5,8,10H2,(H2,17,18,19,20). The highest BCUT2D eigenvalue weighted by Gasteiger charge is 2.15. The van der Waals surface area contributed by atoms with Crippen LogP contribution in [0.3, 0.4) is 0 Å².